The van der Waals surface area contributed by atoms with E-state index in [-0.39, 0.29) is 12.2 Å². The number of aryl methyl sites for hydroxylation is 1. The molecule has 0 aromatic heterocycles. The number of unbranched alkanes of at least 4 members (excludes halogenated alkanes) is 2. The quantitative estimate of drug-likeness (QED) is 0.596. The first-order valence-corrected chi connectivity index (χ1v) is 8.18. The average molecular weight is 344 g/mol. The minimum atomic E-state index is -0.724. The fourth-order valence-electron chi connectivity index (χ4n) is 2.23. The monoisotopic (exact) mass is 344 g/mol. The smallest absolute Gasteiger partial charge is 0.426 e. The second-order valence-electron chi connectivity index (χ2n) is 5.52. The number of halogens is 1. The summed E-state index contributed by atoms with van der Waals surface area (Å²) in [5.41, 5.74) is 5.90. The van der Waals surface area contributed by atoms with Gasteiger partial charge in [0.25, 0.3) is 5.91 Å². The summed E-state index contributed by atoms with van der Waals surface area (Å²) in [5, 5.41) is 0. The van der Waals surface area contributed by atoms with Crippen LogP contribution in [0.25, 0.3) is 0 Å². The second-order valence-corrected chi connectivity index (χ2v) is 5.52. The Morgan fingerprint density at radius 3 is 2.32 bits per heavy atom. The van der Waals surface area contributed by atoms with Crippen molar-refractivity contribution in [3.63, 3.8) is 0 Å². The van der Waals surface area contributed by atoms with Gasteiger partial charge in [-0.15, -0.1) is 0 Å². The van der Waals surface area contributed by atoms with Crippen LogP contribution in [0.2, 0.25) is 0 Å². The Hall–Kier alpha value is -2.89. The van der Waals surface area contributed by atoms with Crippen molar-refractivity contribution in [1.82, 2.24) is 10.9 Å². The number of nitrogens with one attached hydrogen (secondary N) is 2. The Morgan fingerprint density at radius 1 is 0.880 bits per heavy atom. The first-order valence-electron chi connectivity index (χ1n) is 8.18. The largest absolute Gasteiger partial charge is 0.448 e. The molecule has 0 unspecified atom stereocenters. The summed E-state index contributed by atoms with van der Waals surface area (Å²) in [7, 11) is 0. The van der Waals surface area contributed by atoms with Gasteiger partial charge in [-0.1, -0.05) is 30.3 Å². The van der Waals surface area contributed by atoms with Gasteiger partial charge in [0, 0.05) is 5.56 Å². The minimum absolute atomic E-state index is 0.239. The van der Waals surface area contributed by atoms with Gasteiger partial charge >= 0.3 is 6.09 Å². The van der Waals surface area contributed by atoms with Gasteiger partial charge in [-0.05, 0) is 55.5 Å². The number of amides is 2. The van der Waals surface area contributed by atoms with Crippen molar-refractivity contribution in [3.05, 3.63) is 71.5 Å². The molecule has 2 N–H and O–H groups in total. The van der Waals surface area contributed by atoms with E-state index in [1.807, 2.05) is 18.2 Å². The summed E-state index contributed by atoms with van der Waals surface area (Å²) in [5.74, 6) is -0.976. The van der Waals surface area contributed by atoms with Crippen LogP contribution in [0.4, 0.5) is 9.18 Å². The standard InChI is InChI=1S/C19H21FN2O3/c20-17-12-10-16(11-13-17)18(23)21-22-19(24)25-14-6-2-5-9-15-7-3-1-4-8-15/h1,3-4,7-8,10-13H,2,5-6,9,14H2,(H,21,23)(H,22,24). The van der Waals surface area contributed by atoms with Gasteiger partial charge in [-0.2, -0.15) is 0 Å². The van der Waals surface area contributed by atoms with Gasteiger partial charge in [-0.25, -0.2) is 14.6 Å². The molecule has 0 atom stereocenters. The molecule has 2 aromatic rings. The number of carbonyl (C=O) groups is 2. The molecule has 6 heteroatoms. The van der Waals surface area contributed by atoms with Crippen LogP contribution in [-0.2, 0) is 11.2 Å². The van der Waals surface area contributed by atoms with Gasteiger partial charge in [0.1, 0.15) is 5.82 Å². The maximum Gasteiger partial charge on any atom is 0.426 e. The van der Waals surface area contributed by atoms with E-state index in [0.717, 1.165) is 25.7 Å². The second kappa shape index (κ2) is 10.1. The molecule has 0 spiro atoms. The lowest BCUT2D eigenvalue weighted by atomic mass is 10.1. The number of rotatable bonds is 7. The number of hydrogen-bond acceptors (Lipinski definition) is 3. The van der Waals surface area contributed by atoms with E-state index in [1.54, 1.807) is 0 Å². The van der Waals surface area contributed by atoms with Crippen LogP contribution in [0.1, 0.15) is 35.2 Å². The number of hydrogen-bond donors (Lipinski definition) is 2. The fourth-order valence-corrected chi connectivity index (χ4v) is 2.23. The van der Waals surface area contributed by atoms with Crippen molar-refractivity contribution in [1.29, 1.82) is 0 Å². The molecule has 0 saturated carbocycles. The molecule has 5 nitrogen and oxygen atoms in total. The van der Waals surface area contributed by atoms with Crippen molar-refractivity contribution >= 4 is 12.0 Å². The van der Waals surface area contributed by atoms with Crippen LogP contribution in [0.15, 0.2) is 54.6 Å². The maximum absolute atomic E-state index is 12.8. The Morgan fingerprint density at radius 2 is 1.60 bits per heavy atom. The normalized spacial score (nSPS) is 10.1. The molecule has 0 bridgehead atoms. The third-order valence-corrected chi connectivity index (χ3v) is 3.57. The highest BCUT2D eigenvalue weighted by Crippen LogP contribution is 2.06. The molecule has 0 heterocycles. The molecule has 132 valence electrons. The molecule has 0 saturated heterocycles. The Balaban J connectivity index is 1.53. The topological polar surface area (TPSA) is 67.4 Å². The maximum atomic E-state index is 12.8. The van der Waals surface area contributed by atoms with Gasteiger partial charge in [0.15, 0.2) is 0 Å². The fraction of sp³-hybridized carbons (Fsp3) is 0.263. The summed E-state index contributed by atoms with van der Waals surface area (Å²) in [6, 6.07) is 15.2. The summed E-state index contributed by atoms with van der Waals surface area (Å²) in [4.78, 5) is 23.2. The molecule has 2 aromatic carbocycles. The Bertz CT molecular complexity index is 675. The van der Waals surface area contributed by atoms with Crippen molar-refractivity contribution < 1.29 is 18.7 Å². The SMILES string of the molecule is O=C(NNC(=O)c1ccc(F)cc1)OCCCCCc1ccccc1. The van der Waals surface area contributed by atoms with Crippen LogP contribution < -0.4 is 10.9 Å². The van der Waals surface area contributed by atoms with Crippen molar-refractivity contribution in [2.75, 3.05) is 6.61 Å². The van der Waals surface area contributed by atoms with Gasteiger partial charge in [0.2, 0.25) is 0 Å². The number of hydrazine groups is 1. The molecule has 0 aliphatic rings. The number of ether oxygens (including phenoxy) is 1. The molecule has 0 aliphatic heterocycles. The predicted octanol–water partition coefficient (Wildman–Crippen LogP) is 3.61. The zero-order valence-corrected chi connectivity index (χ0v) is 13.8. The molecule has 0 fully saturated rings. The van der Waals surface area contributed by atoms with Gasteiger partial charge in [-0.3, -0.25) is 10.2 Å². The highest BCUT2D eigenvalue weighted by molar-refractivity contribution is 5.94. The Kier molecular flexibility index (Phi) is 7.43. The van der Waals surface area contributed by atoms with E-state index >= 15 is 0 Å². The van der Waals surface area contributed by atoms with E-state index < -0.39 is 17.8 Å². The lowest BCUT2D eigenvalue weighted by molar-refractivity contribution is 0.0908. The molecule has 2 amide bonds. The van der Waals surface area contributed by atoms with E-state index in [9.17, 15) is 14.0 Å². The molecular weight excluding hydrogens is 323 g/mol. The molecule has 25 heavy (non-hydrogen) atoms. The molecule has 0 radical (unpaired) electrons. The van der Waals surface area contributed by atoms with Crippen LogP contribution >= 0.6 is 0 Å². The van der Waals surface area contributed by atoms with Gasteiger partial charge < -0.3 is 4.74 Å². The Labute approximate surface area is 146 Å². The zero-order valence-electron chi connectivity index (χ0n) is 13.8. The third kappa shape index (κ3) is 7.03. The summed E-state index contributed by atoms with van der Waals surface area (Å²) < 4.78 is 17.7. The van der Waals surface area contributed by atoms with Crippen LogP contribution in [-0.4, -0.2) is 18.6 Å². The first-order chi connectivity index (χ1) is 12.1. The first kappa shape index (κ1) is 18.4. The van der Waals surface area contributed by atoms with Crippen LogP contribution in [0, 0.1) is 5.82 Å². The highest BCUT2D eigenvalue weighted by atomic mass is 19.1. The van der Waals surface area contributed by atoms with Gasteiger partial charge in [0.05, 0.1) is 6.61 Å². The zero-order chi connectivity index (χ0) is 17.9. The molecular formula is C19H21FN2O3. The third-order valence-electron chi connectivity index (χ3n) is 3.57. The van der Waals surface area contributed by atoms with E-state index in [1.165, 1.54) is 29.8 Å². The van der Waals surface area contributed by atoms with E-state index in [2.05, 4.69) is 23.0 Å². The minimum Gasteiger partial charge on any atom is -0.448 e. The number of carbonyl (C=O) groups excluding carboxylic acids is 2. The average Bonchev–Trinajstić information content (AvgIpc) is 2.64. The summed E-state index contributed by atoms with van der Waals surface area (Å²) in [6.07, 6.45) is 3.01. The number of benzene rings is 2. The van der Waals surface area contributed by atoms with Crippen molar-refractivity contribution in [2.24, 2.45) is 0 Å². The highest BCUT2D eigenvalue weighted by Gasteiger charge is 2.07. The van der Waals surface area contributed by atoms with Crippen molar-refractivity contribution in [3.8, 4) is 0 Å². The van der Waals surface area contributed by atoms with E-state index in [4.69, 9.17) is 4.74 Å². The summed E-state index contributed by atoms with van der Waals surface area (Å²) >= 11 is 0. The molecule has 2 rings (SSSR count). The van der Waals surface area contributed by atoms with Crippen molar-refractivity contribution in [2.45, 2.75) is 25.7 Å². The summed E-state index contributed by atoms with van der Waals surface area (Å²) in [6.45, 7) is 0.285. The van der Waals surface area contributed by atoms with Crippen LogP contribution in [0.5, 0.6) is 0 Å². The molecule has 0 aliphatic carbocycles. The lowest BCUT2D eigenvalue weighted by Crippen LogP contribution is -2.42. The lowest BCUT2D eigenvalue weighted by Gasteiger charge is -2.08. The predicted molar refractivity (Wildman–Crippen MR) is 92.3 cm³/mol. The van der Waals surface area contributed by atoms with E-state index in [0.29, 0.717) is 0 Å². The van der Waals surface area contributed by atoms with Crippen LogP contribution in [0.3, 0.4) is 0 Å².